The van der Waals surface area contributed by atoms with Crippen LogP contribution in [0.3, 0.4) is 0 Å². The molecule has 1 saturated heterocycles. The molecular formula is C38H40ClN5O2S. The van der Waals surface area contributed by atoms with E-state index in [1.807, 2.05) is 96.1 Å². The molecule has 0 atom stereocenters. The topological polar surface area (TPSA) is 79.3 Å². The molecule has 0 saturated carbocycles. The molecule has 47 heavy (non-hydrogen) atoms. The number of amides is 3. The Labute approximate surface area is 285 Å². The summed E-state index contributed by atoms with van der Waals surface area (Å²) in [4.78, 5) is 29.4. The Morgan fingerprint density at radius 2 is 1.62 bits per heavy atom. The maximum absolute atomic E-state index is 13.4. The average molecular weight is 666 g/mol. The van der Waals surface area contributed by atoms with Gasteiger partial charge in [0.1, 0.15) is 5.82 Å². The number of carbonyl (C=O) groups is 2. The first kappa shape index (κ1) is 32.5. The molecule has 9 heteroatoms. The fraction of sp³-hybridized carbons (Fsp3) is 0.289. The highest BCUT2D eigenvalue weighted by Crippen LogP contribution is 2.31. The van der Waals surface area contributed by atoms with Crippen LogP contribution in [-0.4, -0.2) is 39.7 Å². The van der Waals surface area contributed by atoms with Gasteiger partial charge >= 0.3 is 6.03 Å². The molecule has 0 unspecified atom stereocenters. The van der Waals surface area contributed by atoms with Gasteiger partial charge in [-0.25, -0.2) is 9.48 Å². The molecule has 7 nitrogen and oxygen atoms in total. The van der Waals surface area contributed by atoms with Crippen LogP contribution in [0.2, 0.25) is 5.02 Å². The normalized spacial score (nSPS) is 13.9. The Balaban J connectivity index is 1.08. The number of thiophene rings is 1. The molecule has 3 heterocycles. The number of hydrogen-bond acceptors (Lipinski definition) is 4. The molecule has 0 aliphatic carbocycles. The molecule has 0 bridgehead atoms. The number of aromatic nitrogens is 2. The predicted molar refractivity (Wildman–Crippen MR) is 193 cm³/mol. The lowest BCUT2D eigenvalue weighted by Crippen LogP contribution is -2.38. The first-order valence-corrected chi connectivity index (χ1v) is 17.3. The third-order valence-corrected chi connectivity index (χ3v) is 9.83. The zero-order valence-corrected chi connectivity index (χ0v) is 28.8. The minimum absolute atomic E-state index is 0.0897. The van der Waals surface area contributed by atoms with Gasteiger partial charge in [-0.2, -0.15) is 5.10 Å². The van der Waals surface area contributed by atoms with Gasteiger partial charge in [0.05, 0.1) is 16.3 Å². The smallest absolute Gasteiger partial charge is 0.324 e. The van der Waals surface area contributed by atoms with Crippen LogP contribution in [0.15, 0.2) is 90.3 Å². The SMILES string of the molecule is Cc1ccc(-n2nc(C(C)(C)C)cc2NC(=O)Nc2ccccc2CC2CCN(C(=O)c3cc(-c4ccc(Cl)cc4)cs3)CC2)cc1. The van der Waals surface area contributed by atoms with Gasteiger partial charge in [-0.15, -0.1) is 11.3 Å². The lowest BCUT2D eigenvalue weighted by Gasteiger charge is -2.32. The number of likely N-dealkylation sites (tertiary alicyclic amines) is 1. The van der Waals surface area contributed by atoms with Crippen molar-refractivity contribution in [1.82, 2.24) is 14.7 Å². The minimum Gasteiger partial charge on any atom is -0.338 e. The maximum Gasteiger partial charge on any atom is 0.324 e. The maximum atomic E-state index is 13.4. The zero-order valence-electron chi connectivity index (χ0n) is 27.2. The van der Waals surface area contributed by atoms with E-state index in [1.54, 1.807) is 4.68 Å². The van der Waals surface area contributed by atoms with Crippen molar-refractivity contribution in [3.63, 3.8) is 0 Å². The molecule has 1 aliphatic rings. The van der Waals surface area contributed by atoms with Gasteiger partial charge in [-0.3, -0.25) is 10.1 Å². The van der Waals surface area contributed by atoms with Gasteiger partial charge in [0, 0.05) is 35.3 Å². The second-order valence-electron chi connectivity index (χ2n) is 13.3. The van der Waals surface area contributed by atoms with Crippen molar-refractivity contribution in [1.29, 1.82) is 0 Å². The van der Waals surface area contributed by atoms with Crippen LogP contribution in [0, 0.1) is 12.8 Å². The van der Waals surface area contributed by atoms with E-state index in [2.05, 4.69) is 37.5 Å². The van der Waals surface area contributed by atoms with Crippen molar-refractivity contribution in [2.45, 2.75) is 52.4 Å². The van der Waals surface area contributed by atoms with Crippen LogP contribution >= 0.6 is 22.9 Å². The first-order valence-electron chi connectivity index (χ1n) is 16.0. The fourth-order valence-corrected chi connectivity index (χ4v) is 6.87. The van der Waals surface area contributed by atoms with Gasteiger partial charge in [0.25, 0.3) is 5.91 Å². The molecule has 3 amide bonds. The quantitative estimate of drug-likeness (QED) is 0.182. The highest BCUT2D eigenvalue weighted by molar-refractivity contribution is 7.12. The van der Waals surface area contributed by atoms with Crippen LogP contribution in [0.5, 0.6) is 0 Å². The average Bonchev–Trinajstić information content (AvgIpc) is 3.71. The predicted octanol–water partition coefficient (Wildman–Crippen LogP) is 9.60. The summed E-state index contributed by atoms with van der Waals surface area (Å²) in [7, 11) is 0. The molecule has 0 spiro atoms. The molecule has 5 aromatic rings. The summed E-state index contributed by atoms with van der Waals surface area (Å²) >= 11 is 7.53. The highest BCUT2D eigenvalue weighted by Gasteiger charge is 2.26. The number of rotatable bonds is 7. The van der Waals surface area contributed by atoms with E-state index in [9.17, 15) is 9.59 Å². The van der Waals surface area contributed by atoms with Gasteiger partial charge in [0.2, 0.25) is 0 Å². The molecule has 2 N–H and O–H groups in total. The van der Waals surface area contributed by atoms with E-state index in [-0.39, 0.29) is 17.4 Å². The Hall–Kier alpha value is -4.40. The Kier molecular flexibility index (Phi) is 9.52. The third kappa shape index (κ3) is 7.77. The van der Waals surface area contributed by atoms with E-state index in [1.165, 1.54) is 11.3 Å². The Bertz CT molecular complexity index is 1860. The summed E-state index contributed by atoms with van der Waals surface area (Å²) in [5, 5.41) is 13.7. The summed E-state index contributed by atoms with van der Waals surface area (Å²) in [6, 6.07) is 27.3. The molecule has 6 rings (SSSR count). The second kappa shape index (κ2) is 13.8. The molecule has 1 aliphatic heterocycles. The monoisotopic (exact) mass is 665 g/mol. The number of nitrogens with one attached hydrogen (secondary N) is 2. The van der Waals surface area contributed by atoms with Crippen LogP contribution in [0.4, 0.5) is 16.3 Å². The van der Waals surface area contributed by atoms with E-state index in [0.717, 1.165) is 63.5 Å². The Morgan fingerprint density at radius 3 is 2.32 bits per heavy atom. The van der Waals surface area contributed by atoms with Crippen LogP contribution < -0.4 is 10.6 Å². The van der Waals surface area contributed by atoms with Crippen LogP contribution in [0.1, 0.15) is 60.1 Å². The molecule has 242 valence electrons. The number of halogens is 1. The van der Waals surface area contributed by atoms with Crippen molar-refractivity contribution in [2.75, 3.05) is 23.7 Å². The summed E-state index contributed by atoms with van der Waals surface area (Å²) in [5.74, 6) is 1.11. The molecular weight excluding hydrogens is 626 g/mol. The Morgan fingerprint density at radius 1 is 0.915 bits per heavy atom. The lowest BCUT2D eigenvalue weighted by molar-refractivity contribution is 0.0695. The number of nitrogens with zero attached hydrogens (tertiary/aromatic N) is 3. The molecule has 1 fully saturated rings. The highest BCUT2D eigenvalue weighted by atomic mass is 35.5. The van der Waals surface area contributed by atoms with E-state index in [0.29, 0.717) is 29.8 Å². The summed E-state index contributed by atoms with van der Waals surface area (Å²) < 4.78 is 1.79. The zero-order chi connectivity index (χ0) is 33.1. The number of carbonyl (C=O) groups excluding carboxylic acids is 2. The number of piperidine rings is 1. The second-order valence-corrected chi connectivity index (χ2v) is 14.6. The fourth-order valence-electron chi connectivity index (χ4n) is 5.86. The van der Waals surface area contributed by atoms with Crippen molar-refractivity contribution < 1.29 is 9.59 Å². The van der Waals surface area contributed by atoms with Gasteiger partial charge in [0.15, 0.2) is 0 Å². The van der Waals surface area contributed by atoms with Crippen molar-refractivity contribution in [3.8, 4) is 16.8 Å². The number of urea groups is 1. The molecule has 2 aromatic heterocycles. The number of aryl methyl sites for hydroxylation is 1. The number of para-hydroxylation sites is 1. The van der Waals surface area contributed by atoms with Crippen molar-refractivity contribution >= 4 is 46.4 Å². The van der Waals surface area contributed by atoms with E-state index >= 15 is 0 Å². The molecule has 0 radical (unpaired) electrons. The number of anilines is 2. The summed E-state index contributed by atoms with van der Waals surface area (Å²) in [5.41, 5.74) is 6.70. The number of benzene rings is 3. The van der Waals surface area contributed by atoms with Crippen molar-refractivity contribution in [2.24, 2.45) is 5.92 Å². The lowest BCUT2D eigenvalue weighted by atomic mass is 9.89. The number of hydrogen-bond donors (Lipinski definition) is 2. The molecule has 3 aromatic carbocycles. The van der Waals surface area contributed by atoms with E-state index in [4.69, 9.17) is 16.7 Å². The first-order chi connectivity index (χ1) is 22.5. The third-order valence-electron chi connectivity index (χ3n) is 8.66. The summed E-state index contributed by atoms with van der Waals surface area (Å²) in [6.07, 6.45) is 2.65. The summed E-state index contributed by atoms with van der Waals surface area (Å²) in [6.45, 7) is 9.80. The van der Waals surface area contributed by atoms with Gasteiger partial charge in [-0.1, -0.05) is 80.4 Å². The van der Waals surface area contributed by atoms with Crippen molar-refractivity contribution in [3.05, 3.63) is 117 Å². The largest absolute Gasteiger partial charge is 0.338 e. The van der Waals surface area contributed by atoms with Crippen LogP contribution in [0.25, 0.3) is 16.8 Å². The van der Waals surface area contributed by atoms with Crippen LogP contribution in [-0.2, 0) is 11.8 Å². The van der Waals surface area contributed by atoms with E-state index < -0.39 is 0 Å². The van der Waals surface area contributed by atoms with Gasteiger partial charge < -0.3 is 10.2 Å². The van der Waals surface area contributed by atoms with Gasteiger partial charge in [-0.05, 0) is 90.6 Å². The minimum atomic E-state index is -0.319. The standard InChI is InChI=1S/C38H40ClN5O2S/c1-25-9-15-31(16-10-25)44-35(23-34(42-44)38(2,3)4)41-37(46)40-32-8-6-5-7-28(32)21-26-17-19-43(20-18-26)36(45)33-22-29(24-47-33)27-11-13-30(39)14-12-27/h5-16,22-24,26H,17-21H2,1-4H3,(H2,40,41,46).